The zero-order valence-corrected chi connectivity index (χ0v) is 11.3. The lowest BCUT2D eigenvalue weighted by Gasteiger charge is -2.07. The summed E-state index contributed by atoms with van der Waals surface area (Å²) in [6.45, 7) is 4.34. The van der Waals surface area contributed by atoms with Crippen LogP contribution in [-0.2, 0) is 12.7 Å². The Kier molecular flexibility index (Phi) is 5.64. The van der Waals surface area contributed by atoms with Gasteiger partial charge in [0.1, 0.15) is 5.69 Å². The van der Waals surface area contributed by atoms with Crippen LogP contribution in [0, 0.1) is 0 Å². The van der Waals surface area contributed by atoms with E-state index in [2.05, 4.69) is 9.97 Å². The lowest BCUT2D eigenvalue weighted by atomic mass is 10.1. The normalized spacial score (nSPS) is 10.7. The van der Waals surface area contributed by atoms with Gasteiger partial charge in [0, 0.05) is 24.5 Å². The van der Waals surface area contributed by atoms with E-state index in [-0.39, 0.29) is 0 Å². The van der Waals surface area contributed by atoms with Crippen molar-refractivity contribution in [1.29, 1.82) is 0 Å². The van der Waals surface area contributed by atoms with Gasteiger partial charge >= 0.3 is 6.18 Å². The molecule has 2 aromatic rings. The van der Waals surface area contributed by atoms with E-state index in [0.29, 0.717) is 17.8 Å². The van der Waals surface area contributed by atoms with E-state index >= 15 is 0 Å². The van der Waals surface area contributed by atoms with E-state index in [0.717, 1.165) is 17.8 Å². The van der Waals surface area contributed by atoms with E-state index in [1.54, 1.807) is 18.3 Å². The van der Waals surface area contributed by atoms with Crippen molar-refractivity contribution in [2.75, 3.05) is 0 Å². The molecule has 0 aliphatic heterocycles. The van der Waals surface area contributed by atoms with E-state index < -0.39 is 11.9 Å². The van der Waals surface area contributed by atoms with Gasteiger partial charge < -0.3 is 5.73 Å². The number of alkyl halides is 3. The van der Waals surface area contributed by atoms with Gasteiger partial charge in [-0.15, -0.1) is 0 Å². The van der Waals surface area contributed by atoms with Crippen LogP contribution in [0.15, 0.2) is 36.7 Å². The first-order valence-electron chi connectivity index (χ1n) is 6.19. The van der Waals surface area contributed by atoms with Gasteiger partial charge in [-0.3, -0.25) is 9.97 Å². The Labute approximate surface area is 115 Å². The Balaban J connectivity index is 0.000000956. The molecule has 0 aliphatic carbocycles. The van der Waals surface area contributed by atoms with Gasteiger partial charge in [0.2, 0.25) is 0 Å². The first kappa shape index (κ1) is 16.1. The van der Waals surface area contributed by atoms with Crippen LogP contribution in [0.3, 0.4) is 0 Å². The smallest absolute Gasteiger partial charge is 0.326 e. The van der Waals surface area contributed by atoms with Gasteiger partial charge in [0.15, 0.2) is 0 Å². The standard InChI is InChI=1S/C12H10F3N3.C2H6/c13-12(14,15)11-5-9(3-4-17-11)10-2-1-8(6-16)7-18-10;1-2/h1-5,7H,6,16H2;1-2H3. The second-order valence-electron chi connectivity index (χ2n) is 3.68. The van der Waals surface area contributed by atoms with Crippen molar-refractivity contribution in [3.63, 3.8) is 0 Å². The largest absolute Gasteiger partial charge is 0.433 e. The molecule has 2 rings (SSSR count). The molecule has 0 radical (unpaired) electrons. The Hall–Kier alpha value is -1.95. The summed E-state index contributed by atoms with van der Waals surface area (Å²) in [4.78, 5) is 7.36. The molecular weight excluding hydrogens is 267 g/mol. The minimum Gasteiger partial charge on any atom is -0.326 e. The molecule has 6 heteroatoms. The molecule has 0 spiro atoms. The Bertz CT molecular complexity index is 536. The average Bonchev–Trinajstić information content (AvgIpc) is 2.49. The van der Waals surface area contributed by atoms with Crippen molar-refractivity contribution < 1.29 is 13.2 Å². The number of nitrogens with zero attached hydrogens (tertiary/aromatic N) is 2. The molecule has 20 heavy (non-hydrogen) atoms. The van der Waals surface area contributed by atoms with E-state index in [1.807, 2.05) is 13.8 Å². The first-order valence-corrected chi connectivity index (χ1v) is 6.19. The zero-order chi connectivity index (χ0) is 15.2. The van der Waals surface area contributed by atoms with Crippen LogP contribution in [0.2, 0.25) is 0 Å². The summed E-state index contributed by atoms with van der Waals surface area (Å²) in [5, 5.41) is 0. The molecule has 0 unspecified atom stereocenters. The molecule has 0 atom stereocenters. The van der Waals surface area contributed by atoms with E-state index in [1.165, 1.54) is 6.07 Å². The second-order valence-corrected chi connectivity index (χ2v) is 3.68. The third-order valence-corrected chi connectivity index (χ3v) is 2.41. The second kappa shape index (κ2) is 7.00. The molecule has 0 bridgehead atoms. The summed E-state index contributed by atoms with van der Waals surface area (Å²) in [6, 6.07) is 5.83. The fourth-order valence-electron chi connectivity index (χ4n) is 1.46. The fraction of sp³-hybridized carbons (Fsp3) is 0.286. The molecule has 2 N–H and O–H groups in total. The number of nitrogens with two attached hydrogens (primary N) is 1. The summed E-state index contributed by atoms with van der Waals surface area (Å²) in [6.07, 6.45) is -1.78. The van der Waals surface area contributed by atoms with E-state index in [9.17, 15) is 13.2 Å². The molecule has 0 amide bonds. The van der Waals surface area contributed by atoms with Crippen LogP contribution in [0.4, 0.5) is 13.2 Å². The maximum Gasteiger partial charge on any atom is 0.433 e. The van der Waals surface area contributed by atoms with Crippen LogP contribution < -0.4 is 5.73 Å². The summed E-state index contributed by atoms with van der Waals surface area (Å²) >= 11 is 0. The van der Waals surface area contributed by atoms with Gasteiger partial charge in [-0.2, -0.15) is 13.2 Å². The maximum absolute atomic E-state index is 12.5. The highest BCUT2D eigenvalue weighted by molar-refractivity contribution is 5.59. The van der Waals surface area contributed by atoms with Crippen molar-refractivity contribution in [2.24, 2.45) is 5.73 Å². The van der Waals surface area contributed by atoms with Gasteiger partial charge in [-0.1, -0.05) is 19.9 Å². The summed E-state index contributed by atoms with van der Waals surface area (Å²) in [5.74, 6) is 0. The Morgan fingerprint density at radius 1 is 1.10 bits per heavy atom. The molecule has 108 valence electrons. The lowest BCUT2D eigenvalue weighted by molar-refractivity contribution is -0.141. The van der Waals surface area contributed by atoms with Crippen molar-refractivity contribution in [2.45, 2.75) is 26.6 Å². The topological polar surface area (TPSA) is 51.8 Å². The van der Waals surface area contributed by atoms with Gasteiger partial charge in [0.25, 0.3) is 0 Å². The van der Waals surface area contributed by atoms with Crippen LogP contribution in [0.25, 0.3) is 11.3 Å². The molecule has 2 heterocycles. The van der Waals surface area contributed by atoms with Crippen LogP contribution in [-0.4, -0.2) is 9.97 Å². The summed E-state index contributed by atoms with van der Waals surface area (Å²) in [7, 11) is 0. The number of aromatic nitrogens is 2. The average molecular weight is 283 g/mol. The maximum atomic E-state index is 12.5. The third kappa shape index (κ3) is 4.03. The molecule has 0 saturated heterocycles. The van der Waals surface area contributed by atoms with Crippen molar-refractivity contribution >= 4 is 0 Å². The number of pyridine rings is 2. The van der Waals surface area contributed by atoms with Crippen LogP contribution in [0.1, 0.15) is 25.1 Å². The number of rotatable bonds is 2. The summed E-state index contributed by atoms with van der Waals surface area (Å²) in [5.41, 5.74) is 6.15. The summed E-state index contributed by atoms with van der Waals surface area (Å²) < 4.78 is 37.5. The molecule has 3 nitrogen and oxygen atoms in total. The molecule has 0 aromatic carbocycles. The van der Waals surface area contributed by atoms with Crippen molar-refractivity contribution in [3.8, 4) is 11.3 Å². The number of halogens is 3. The Morgan fingerprint density at radius 2 is 1.80 bits per heavy atom. The highest BCUT2D eigenvalue weighted by Gasteiger charge is 2.32. The minimum absolute atomic E-state index is 0.345. The highest BCUT2D eigenvalue weighted by Crippen LogP contribution is 2.29. The predicted molar refractivity (Wildman–Crippen MR) is 71.7 cm³/mol. The third-order valence-electron chi connectivity index (χ3n) is 2.41. The first-order chi connectivity index (χ1) is 9.50. The predicted octanol–water partition coefficient (Wildman–Crippen LogP) is 3.65. The van der Waals surface area contributed by atoms with Crippen LogP contribution in [0.5, 0.6) is 0 Å². The Morgan fingerprint density at radius 3 is 2.30 bits per heavy atom. The highest BCUT2D eigenvalue weighted by atomic mass is 19.4. The lowest BCUT2D eigenvalue weighted by Crippen LogP contribution is -2.07. The molecule has 0 aliphatic rings. The number of hydrogen-bond acceptors (Lipinski definition) is 3. The molecular formula is C14H16F3N3. The quantitative estimate of drug-likeness (QED) is 0.915. The molecule has 0 fully saturated rings. The number of hydrogen-bond donors (Lipinski definition) is 1. The fourth-order valence-corrected chi connectivity index (χ4v) is 1.46. The van der Waals surface area contributed by atoms with Gasteiger partial charge in [0.05, 0.1) is 5.69 Å². The van der Waals surface area contributed by atoms with Crippen LogP contribution >= 0.6 is 0 Å². The minimum atomic E-state index is -4.45. The van der Waals surface area contributed by atoms with E-state index in [4.69, 9.17) is 5.73 Å². The molecule has 0 saturated carbocycles. The monoisotopic (exact) mass is 283 g/mol. The molecule has 2 aromatic heterocycles. The SMILES string of the molecule is CC.NCc1ccc(-c2ccnc(C(F)(F)F)c2)nc1. The van der Waals surface area contributed by atoms with Gasteiger partial charge in [-0.25, -0.2) is 0 Å². The van der Waals surface area contributed by atoms with Crippen molar-refractivity contribution in [1.82, 2.24) is 9.97 Å². The van der Waals surface area contributed by atoms with Crippen molar-refractivity contribution in [3.05, 3.63) is 47.9 Å². The van der Waals surface area contributed by atoms with Gasteiger partial charge in [-0.05, 0) is 23.8 Å². The zero-order valence-electron chi connectivity index (χ0n) is 11.3.